The van der Waals surface area contributed by atoms with E-state index in [1.807, 2.05) is 25.1 Å². The number of hydrazone groups is 1. The Morgan fingerprint density at radius 3 is 2.49 bits per heavy atom. The van der Waals surface area contributed by atoms with Crippen LogP contribution in [0.5, 0.6) is 11.5 Å². The van der Waals surface area contributed by atoms with Crippen LogP contribution in [0.2, 0.25) is 0 Å². The summed E-state index contributed by atoms with van der Waals surface area (Å²) in [6.07, 6.45) is 1.62. The van der Waals surface area contributed by atoms with Gasteiger partial charge >= 0.3 is 6.03 Å². The molecule has 0 aromatic heterocycles. The first-order valence-corrected chi connectivity index (χ1v) is 12.0. The van der Waals surface area contributed by atoms with Crippen molar-refractivity contribution in [2.45, 2.75) is 37.9 Å². The van der Waals surface area contributed by atoms with E-state index in [0.29, 0.717) is 41.4 Å². The molecule has 1 N–H and O–H groups in total. The first-order chi connectivity index (χ1) is 16.8. The zero-order chi connectivity index (χ0) is 24.9. The van der Waals surface area contributed by atoms with Gasteiger partial charge in [-0.3, -0.25) is 4.90 Å². The predicted octanol–water partition coefficient (Wildman–Crippen LogP) is 3.07. The molecule has 8 nitrogen and oxygen atoms in total. The number of amides is 2. The highest BCUT2D eigenvalue weighted by Crippen LogP contribution is 2.38. The predicted molar refractivity (Wildman–Crippen MR) is 133 cm³/mol. The lowest BCUT2D eigenvalue weighted by Crippen LogP contribution is -2.45. The van der Waals surface area contributed by atoms with Crippen LogP contribution in [0.1, 0.15) is 30.0 Å². The number of anilines is 1. The molecule has 3 heterocycles. The normalized spacial score (nSPS) is 23.6. The number of hydrogen-bond acceptors (Lipinski definition) is 6. The summed E-state index contributed by atoms with van der Waals surface area (Å²) >= 11 is 0. The standard InChI is InChI=1S/C26H32FN5O3/c1-15-8-17-10-23(34-4)24(35-5)12-20(17)25(29-32(15)26(33)28-2)16-6-7-21(27)22(9-16)31-14-18-11-19(31)13-30(18)3/h6-7,9-10,12,15,18-19H,8,11,13-14H2,1-5H3,(H,28,33)/t15-,18+,19+/m1/s1. The molecule has 0 spiro atoms. The summed E-state index contributed by atoms with van der Waals surface area (Å²) in [7, 11) is 6.90. The highest BCUT2D eigenvalue weighted by molar-refractivity contribution is 6.15. The zero-order valence-corrected chi connectivity index (χ0v) is 20.8. The minimum Gasteiger partial charge on any atom is -0.493 e. The Hall–Kier alpha value is -3.33. The number of nitrogens with zero attached hydrogens (tertiary/aromatic N) is 4. The molecule has 0 saturated carbocycles. The molecule has 2 saturated heterocycles. The number of benzene rings is 2. The molecule has 0 radical (unpaired) electrons. The van der Waals surface area contributed by atoms with Gasteiger partial charge in [0.15, 0.2) is 11.5 Å². The number of urea groups is 1. The third-order valence-electron chi connectivity index (χ3n) is 7.47. The van der Waals surface area contributed by atoms with Crippen molar-refractivity contribution in [3.8, 4) is 11.5 Å². The number of methoxy groups -OCH3 is 2. The molecular formula is C26H32FN5O3. The van der Waals surface area contributed by atoms with Gasteiger partial charge < -0.3 is 19.7 Å². The number of rotatable bonds is 4. The third-order valence-corrected chi connectivity index (χ3v) is 7.47. The lowest BCUT2D eigenvalue weighted by Gasteiger charge is -2.34. The molecule has 2 bridgehead atoms. The number of halogens is 1. The molecule has 35 heavy (non-hydrogen) atoms. The molecule has 186 valence electrons. The fourth-order valence-corrected chi connectivity index (χ4v) is 5.59. The SMILES string of the molecule is CNC(=O)N1N=C(c2ccc(F)c(N3C[C@@H]4C[C@H]3CN4C)c2)c2cc(OC)c(OC)cc2C[C@H]1C. The van der Waals surface area contributed by atoms with Crippen LogP contribution < -0.4 is 19.7 Å². The molecule has 0 aliphatic carbocycles. The number of ether oxygens (including phenoxy) is 2. The van der Waals surface area contributed by atoms with E-state index in [1.165, 1.54) is 11.1 Å². The lowest BCUT2D eigenvalue weighted by atomic mass is 9.93. The summed E-state index contributed by atoms with van der Waals surface area (Å²) in [5, 5.41) is 8.96. The van der Waals surface area contributed by atoms with Crippen molar-refractivity contribution in [3.63, 3.8) is 0 Å². The Morgan fingerprint density at radius 1 is 1.11 bits per heavy atom. The summed E-state index contributed by atoms with van der Waals surface area (Å²) in [6.45, 7) is 3.68. The molecule has 2 aromatic carbocycles. The molecule has 2 aromatic rings. The van der Waals surface area contributed by atoms with Crippen molar-refractivity contribution in [1.29, 1.82) is 0 Å². The van der Waals surface area contributed by atoms with Crippen LogP contribution in [0.25, 0.3) is 0 Å². The topological polar surface area (TPSA) is 69.6 Å². The van der Waals surface area contributed by atoms with Gasteiger partial charge in [-0.1, -0.05) is 0 Å². The summed E-state index contributed by atoms with van der Waals surface area (Å²) in [4.78, 5) is 17.3. The summed E-state index contributed by atoms with van der Waals surface area (Å²) in [5.74, 6) is 0.938. The number of carbonyl (C=O) groups excluding carboxylic acids is 1. The Balaban J connectivity index is 1.65. The van der Waals surface area contributed by atoms with Crippen molar-refractivity contribution in [3.05, 3.63) is 52.8 Å². The number of piperazine rings is 1. The van der Waals surface area contributed by atoms with Crippen LogP contribution in [0, 0.1) is 5.82 Å². The van der Waals surface area contributed by atoms with E-state index in [-0.39, 0.29) is 17.9 Å². The smallest absolute Gasteiger partial charge is 0.337 e. The van der Waals surface area contributed by atoms with Gasteiger partial charge in [0.25, 0.3) is 0 Å². The van der Waals surface area contributed by atoms with E-state index >= 15 is 4.39 Å². The maximum atomic E-state index is 15.1. The molecule has 3 aliphatic heterocycles. The monoisotopic (exact) mass is 481 g/mol. The fourth-order valence-electron chi connectivity index (χ4n) is 5.59. The molecule has 0 unspecified atom stereocenters. The number of likely N-dealkylation sites (N-methyl/N-ethyl adjacent to an activating group) is 1. The Morgan fingerprint density at radius 2 is 1.86 bits per heavy atom. The molecule has 9 heteroatoms. The minimum atomic E-state index is -0.302. The molecule has 2 fully saturated rings. The van der Waals surface area contributed by atoms with E-state index in [2.05, 4.69) is 22.2 Å². The summed E-state index contributed by atoms with van der Waals surface area (Å²) in [6, 6.07) is 9.17. The van der Waals surface area contributed by atoms with Crippen molar-refractivity contribution in [2.24, 2.45) is 5.10 Å². The Labute approximate surface area is 205 Å². The zero-order valence-electron chi connectivity index (χ0n) is 20.8. The Kier molecular flexibility index (Phi) is 6.04. The largest absolute Gasteiger partial charge is 0.493 e. The van der Waals surface area contributed by atoms with Gasteiger partial charge in [0, 0.05) is 43.3 Å². The Bertz CT molecular complexity index is 1180. The molecule has 3 aliphatic rings. The van der Waals surface area contributed by atoms with Crippen LogP contribution in [0.4, 0.5) is 14.9 Å². The van der Waals surface area contributed by atoms with Gasteiger partial charge in [-0.2, -0.15) is 5.10 Å². The molecule has 5 rings (SSSR count). The van der Waals surface area contributed by atoms with Crippen molar-refractivity contribution in [2.75, 3.05) is 46.3 Å². The lowest BCUT2D eigenvalue weighted by molar-refractivity contribution is 0.184. The fraction of sp³-hybridized carbons (Fsp3) is 0.462. The highest BCUT2D eigenvalue weighted by Gasteiger charge is 2.42. The van der Waals surface area contributed by atoms with Gasteiger partial charge in [-0.25, -0.2) is 14.2 Å². The quantitative estimate of drug-likeness (QED) is 0.727. The second kappa shape index (κ2) is 9.03. The van der Waals surface area contributed by atoms with Crippen molar-refractivity contribution >= 4 is 17.4 Å². The van der Waals surface area contributed by atoms with Gasteiger partial charge in [-0.15, -0.1) is 0 Å². The highest BCUT2D eigenvalue weighted by atomic mass is 19.1. The van der Waals surface area contributed by atoms with E-state index < -0.39 is 0 Å². The minimum absolute atomic E-state index is 0.200. The summed E-state index contributed by atoms with van der Waals surface area (Å²) in [5.41, 5.74) is 3.73. The van der Waals surface area contributed by atoms with Crippen LogP contribution in [0.15, 0.2) is 35.4 Å². The van der Waals surface area contributed by atoms with E-state index in [1.54, 1.807) is 27.3 Å². The van der Waals surface area contributed by atoms with Crippen molar-refractivity contribution in [1.82, 2.24) is 15.2 Å². The second-order valence-corrected chi connectivity index (χ2v) is 9.57. The van der Waals surface area contributed by atoms with Crippen LogP contribution in [-0.2, 0) is 6.42 Å². The number of nitrogens with one attached hydrogen (secondary N) is 1. The first kappa shape index (κ1) is 23.4. The van der Waals surface area contributed by atoms with Gasteiger partial charge in [0.1, 0.15) is 5.82 Å². The van der Waals surface area contributed by atoms with Gasteiger partial charge in [0.05, 0.1) is 31.7 Å². The molecular weight excluding hydrogens is 449 g/mol. The number of carbonyl (C=O) groups is 1. The maximum absolute atomic E-state index is 15.1. The summed E-state index contributed by atoms with van der Waals surface area (Å²) < 4.78 is 26.2. The van der Waals surface area contributed by atoms with E-state index in [0.717, 1.165) is 36.2 Å². The van der Waals surface area contributed by atoms with Crippen molar-refractivity contribution < 1.29 is 18.7 Å². The van der Waals surface area contributed by atoms with Crippen LogP contribution >= 0.6 is 0 Å². The van der Waals surface area contributed by atoms with Crippen LogP contribution in [-0.4, -0.2) is 81.2 Å². The molecule has 3 atom stereocenters. The number of hydrogen-bond donors (Lipinski definition) is 1. The second-order valence-electron chi connectivity index (χ2n) is 9.57. The average Bonchev–Trinajstić information content (AvgIpc) is 3.40. The van der Waals surface area contributed by atoms with E-state index in [9.17, 15) is 4.79 Å². The maximum Gasteiger partial charge on any atom is 0.337 e. The van der Waals surface area contributed by atoms with Gasteiger partial charge in [-0.05, 0) is 62.7 Å². The van der Waals surface area contributed by atoms with E-state index in [4.69, 9.17) is 14.6 Å². The average molecular weight is 482 g/mol. The van der Waals surface area contributed by atoms with Crippen LogP contribution in [0.3, 0.4) is 0 Å². The van der Waals surface area contributed by atoms with Gasteiger partial charge in [0.2, 0.25) is 0 Å². The number of fused-ring (bicyclic) bond motifs is 3. The number of likely N-dealkylation sites (tertiary alicyclic amines) is 1. The first-order valence-electron chi connectivity index (χ1n) is 12.0. The molecule has 2 amide bonds. The third kappa shape index (κ3) is 3.97.